The van der Waals surface area contributed by atoms with Crippen molar-refractivity contribution < 1.29 is 29.2 Å². The molecule has 226 valence electrons. The highest BCUT2D eigenvalue weighted by Crippen LogP contribution is 2.33. The molecular weight excluding hydrogens is 564 g/mol. The summed E-state index contributed by atoms with van der Waals surface area (Å²) in [4.78, 5) is 26.4. The number of carbonyl (C=O) groups is 1. The second-order valence-corrected chi connectivity index (χ2v) is 10.3. The number of nitrogens with zero attached hydrogens (tertiary/aromatic N) is 4. The molecule has 0 radical (unpaired) electrons. The number of aromatic nitrogens is 4. The van der Waals surface area contributed by atoms with Crippen molar-refractivity contribution in [1.29, 1.82) is 0 Å². The van der Waals surface area contributed by atoms with Crippen LogP contribution in [0.1, 0.15) is 17.4 Å². The van der Waals surface area contributed by atoms with E-state index in [4.69, 9.17) is 14.2 Å². The predicted molar refractivity (Wildman–Crippen MR) is 164 cm³/mol. The van der Waals surface area contributed by atoms with Gasteiger partial charge >= 0.3 is 0 Å². The summed E-state index contributed by atoms with van der Waals surface area (Å²) in [6.07, 6.45) is 2.86. The van der Waals surface area contributed by atoms with Crippen LogP contribution in [0.3, 0.4) is 0 Å². The smallest absolute Gasteiger partial charge is 0.244 e. The minimum absolute atomic E-state index is 0.439. The first-order chi connectivity index (χ1) is 21.5. The van der Waals surface area contributed by atoms with Gasteiger partial charge in [0.15, 0.2) is 23.2 Å². The van der Waals surface area contributed by atoms with Crippen molar-refractivity contribution in [2.75, 3.05) is 26.1 Å². The number of ether oxygens (including phenoxy) is 3. The zero-order valence-electron chi connectivity index (χ0n) is 24.1. The number of hydrogen-bond acceptors (Lipinski definition) is 10. The van der Waals surface area contributed by atoms with Crippen LogP contribution in [0.2, 0.25) is 0 Å². The summed E-state index contributed by atoms with van der Waals surface area (Å²) >= 11 is 0. The quantitative estimate of drug-likeness (QED) is 0.177. The van der Waals surface area contributed by atoms with Crippen molar-refractivity contribution in [3.05, 3.63) is 90.5 Å². The van der Waals surface area contributed by atoms with Gasteiger partial charge in [-0.05, 0) is 40.1 Å². The number of hydrogen-bond donors (Lipinski definition) is 4. The first-order valence-corrected chi connectivity index (χ1v) is 14.0. The molecule has 0 unspecified atom stereocenters. The fourth-order valence-corrected chi connectivity index (χ4v) is 5.39. The van der Waals surface area contributed by atoms with Crippen LogP contribution in [0, 0.1) is 0 Å². The van der Waals surface area contributed by atoms with Gasteiger partial charge in [-0.1, -0.05) is 42.5 Å². The largest absolute Gasteiger partial charge is 0.497 e. The first kappa shape index (κ1) is 29.1. The number of benzene rings is 3. The minimum Gasteiger partial charge on any atom is -0.497 e. The van der Waals surface area contributed by atoms with E-state index < -0.39 is 37.0 Å². The Labute approximate surface area is 252 Å². The lowest BCUT2D eigenvalue weighted by molar-refractivity contribution is -0.118. The second-order valence-electron chi connectivity index (χ2n) is 10.3. The summed E-state index contributed by atoms with van der Waals surface area (Å²) < 4.78 is 18.2. The molecule has 0 spiro atoms. The number of carbonyl (C=O) groups excluding carboxylic acids is 1. The highest BCUT2D eigenvalue weighted by molar-refractivity contribution is 5.92. The van der Waals surface area contributed by atoms with Crippen molar-refractivity contribution in [3.8, 4) is 11.5 Å². The van der Waals surface area contributed by atoms with Crippen molar-refractivity contribution >= 4 is 39.7 Å². The third-order valence-corrected chi connectivity index (χ3v) is 7.62. The molecule has 1 aliphatic rings. The van der Waals surface area contributed by atoms with E-state index in [0.29, 0.717) is 40.6 Å². The summed E-state index contributed by atoms with van der Waals surface area (Å²) in [5.41, 5.74) is 2.72. The molecule has 3 heterocycles. The number of aliphatic hydroxyl groups is 2. The van der Waals surface area contributed by atoms with E-state index in [9.17, 15) is 15.0 Å². The van der Waals surface area contributed by atoms with Gasteiger partial charge in [-0.15, -0.1) is 0 Å². The fraction of sp³-hybridized carbons (Fsp3) is 0.250. The Bertz CT molecular complexity index is 1800. The average Bonchev–Trinajstić information content (AvgIpc) is 3.63. The van der Waals surface area contributed by atoms with Gasteiger partial charge in [0.05, 0.1) is 27.2 Å². The molecule has 12 heteroatoms. The number of rotatable bonds is 10. The molecule has 5 aromatic rings. The van der Waals surface area contributed by atoms with E-state index in [1.165, 1.54) is 18.7 Å². The lowest BCUT2D eigenvalue weighted by Gasteiger charge is -2.22. The lowest BCUT2D eigenvalue weighted by atomic mass is 10.0. The molecule has 6 rings (SSSR count). The number of nitrogens with one attached hydrogen (secondary N) is 2. The Hall–Kier alpha value is -5.04. The van der Waals surface area contributed by atoms with Crippen molar-refractivity contribution in [2.24, 2.45) is 0 Å². The van der Waals surface area contributed by atoms with Gasteiger partial charge in [0.1, 0.15) is 36.1 Å². The number of methoxy groups -OCH3 is 2. The maximum Gasteiger partial charge on any atom is 0.244 e. The number of anilines is 1. The van der Waals surface area contributed by atoms with Gasteiger partial charge < -0.3 is 35.1 Å². The van der Waals surface area contributed by atoms with Crippen molar-refractivity contribution in [1.82, 2.24) is 24.8 Å². The zero-order chi connectivity index (χ0) is 30.6. The highest BCUT2D eigenvalue weighted by Gasteiger charge is 2.45. The normalized spacial score (nSPS) is 19.9. The van der Waals surface area contributed by atoms with Crippen LogP contribution < -0.4 is 20.1 Å². The van der Waals surface area contributed by atoms with Crippen LogP contribution in [0.4, 0.5) is 5.82 Å². The summed E-state index contributed by atoms with van der Waals surface area (Å²) in [5, 5.41) is 29.3. The van der Waals surface area contributed by atoms with E-state index in [0.717, 1.165) is 16.3 Å². The van der Waals surface area contributed by atoms with E-state index in [2.05, 4.69) is 49.9 Å². The first-order valence-electron chi connectivity index (χ1n) is 14.0. The van der Waals surface area contributed by atoms with Gasteiger partial charge in [-0.2, -0.15) is 0 Å². The monoisotopic (exact) mass is 596 g/mol. The Balaban J connectivity index is 1.23. The summed E-state index contributed by atoms with van der Waals surface area (Å²) in [6.45, 7) is 0.0681. The molecule has 0 aliphatic carbocycles. The molecule has 4 N–H and O–H groups in total. The molecule has 44 heavy (non-hydrogen) atoms. The number of fused-ring (bicyclic) bond motifs is 2. The maximum atomic E-state index is 13.0. The van der Waals surface area contributed by atoms with Crippen molar-refractivity contribution in [3.63, 3.8) is 0 Å². The van der Waals surface area contributed by atoms with Gasteiger partial charge in [-0.3, -0.25) is 9.36 Å². The van der Waals surface area contributed by atoms with Gasteiger partial charge in [0.2, 0.25) is 5.91 Å². The van der Waals surface area contributed by atoms with E-state index >= 15 is 0 Å². The minimum atomic E-state index is -1.19. The molecule has 1 aliphatic heterocycles. The van der Waals surface area contributed by atoms with Gasteiger partial charge in [0.25, 0.3) is 0 Å². The summed E-state index contributed by atoms with van der Waals surface area (Å²) in [7, 11) is 3.09. The predicted octanol–water partition coefficient (Wildman–Crippen LogP) is 3.06. The Kier molecular flexibility index (Phi) is 8.37. The van der Waals surface area contributed by atoms with Crippen LogP contribution in [0.5, 0.6) is 11.5 Å². The molecule has 3 aromatic carbocycles. The maximum absolute atomic E-state index is 13.0. The fourth-order valence-electron chi connectivity index (χ4n) is 5.39. The van der Waals surface area contributed by atoms with E-state index in [1.807, 2.05) is 18.2 Å². The van der Waals surface area contributed by atoms with Crippen LogP contribution >= 0.6 is 0 Å². The number of amides is 1. The Morgan fingerprint density at radius 2 is 1.82 bits per heavy atom. The number of imidazole rings is 1. The SMILES string of the molecule is COc1cc(/C=C/C(=O)N[C@@H]2[C@H](O)[C@@H](CO)O[C@H]2n2cnc3c(NCc4cccc5ccccc45)ncnc32)cc(OC)c1. The zero-order valence-corrected chi connectivity index (χ0v) is 24.1. The van der Waals surface area contributed by atoms with Crippen molar-refractivity contribution in [2.45, 2.75) is 31.0 Å². The van der Waals surface area contributed by atoms with Gasteiger partial charge in [-0.25, -0.2) is 15.0 Å². The topological polar surface area (TPSA) is 153 Å². The molecule has 0 bridgehead atoms. The Morgan fingerprint density at radius 3 is 2.59 bits per heavy atom. The molecule has 1 amide bonds. The third kappa shape index (κ3) is 5.78. The molecule has 12 nitrogen and oxygen atoms in total. The molecule has 0 saturated carbocycles. The van der Waals surface area contributed by atoms with Crippen LogP contribution in [0.25, 0.3) is 28.0 Å². The number of aliphatic hydroxyl groups excluding tert-OH is 2. The standard InChI is InChI=1S/C32H32N6O6/c1-42-22-12-19(13-23(14-22)43-2)10-11-26(40)37-27-29(41)25(16-39)44-32(27)38-18-36-28-30(34-17-35-31(28)38)33-15-21-8-5-7-20-6-3-4-9-24(20)21/h3-14,17-18,25,27,29,32,39,41H,15-16H2,1-2H3,(H,37,40)(H,33,34,35)/b11-10+/t25-,27-,29-,32-/m1/s1. The van der Waals surface area contributed by atoms with Crippen LogP contribution in [-0.2, 0) is 16.1 Å². The molecule has 2 aromatic heterocycles. The molecule has 1 saturated heterocycles. The van der Waals surface area contributed by atoms with Gasteiger partial charge in [0, 0.05) is 18.7 Å². The highest BCUT2D eigenvalue weighted by atomic mass is 16.5. The average molecular weight is 597 g/mol. The Morgan fingerprint density at radius 1 is 1.05 bits per heavy atom. The second kappa shape index (κ2) is 12.7. The van der Waals surface area contributed by atoms with E-state index in [1.54, 1.807) is 43.1 Å². The lowest BCUT2D eigenvalue weighted by Crippen LogP contribution is -2.46. The molecule has 1 fully saturated rings. The van der Waals surface area contributed by atoms with Crippen LogP contribution in [0.15, 0.2) is 79.4 Å². The third-order valence-electron chi connectivity index (χ3n) is 7.62. The molecule has 4 atom stereocenters. The summed E-state index contributed by atoms with van der Waals surface area (Å²) in [6, 6.07) is 18.6. The molecular formula is C32H32N6O6. The van der Waals surface area contributed by atoms with E-state index in [-0.39, 0.29) is 0 Å². The summed E-state index contributed by atoms with van der Waals surface area (Å²) in [5.74, 6) is 1.21. The van der Waals surface area contributed by atoms with Crippen LogP contribution in [-0.4, -0.2) is 74.7 Å².